The van der Waals surface area contributed by atoms with E-state index in [0.717, 1.165) is 35.6 Å². The van der Waals surface area contributed by atoms with Crippen LogP contribution in [0.2, 0.25) is 0 Å². The van der Waals surface area contributed by atoms with E-state index in [1.165, 1.54) is 17.9 Å². The number of amides is 1. The Morgan fingerprint density at radius 3 is 2.47 bits per heavy atom. The Bertz CT molecular complexity index is 1450. The summed E-state index contributed by atoms with van der Waals surface area (Å²) in [5.74, 6) is -0.0950. The van der Waals surface area contributed by atoms with Crippen LogP contribution in [0.5, 0.6) is 0 Å². The van der Waals surface area contributed by atoms with E-state index >= 15 is 0 Å². The maximum Gasteiger partial charge on any atom is 0.294 e. The predicted molar refractivity (Wildman–Crippen MR) is 145 cm³/mol. The molecular formula is C28H29N2O4S2+. The maximum atomic E-state index is 12.2. The lowest BCUT2D eigenvalue weighted by Gasteiger charge is -2.16. The molecule has 6 nitrogen and oxygen atoms in total. The quantitative estimate of drug-likeness (QED) is 0.233. The number of thiophene rings is 1. The van der Waals surface area contributed by atoms with E-state index in [4.69, 9.17) is 0 Å². The first-order valence-electron chi connectivity index (χ1n) is 11.6. The molecule has 0 atom stereocenters. The van der Waals surface area contributed by atoms with Crippen LogP contribution in [0.3, 0.4) is 0 Å². The topological polar surface area (TPSA) is 77.7 Å². The summed E-state index contributed by atoms with van der Waals surface area (Å²) in [5, 5.41) is 2.05. The molecule has 2 aromatic carbocycles. The van der Waals surface area contributed by atoms with Gasteiger partial charge in [0.1, 0.15) is 0 Å². The van der Waals surface area contributed by atoms with Crippen molar-refractivity contribution in [2.45, 2.75) is 37.5 Å². The molecule has 0 spiro atoms. The van der Waals surface area contributed by atoms with Crippen molar-refractivity contribution < 1.29 is 22.3 Å². The van der Waals surface area contributed by atoms with Gasteiger partial charge in [0.2, 0.25) is 11.6 Å². The second-order valence-corrected chi connectivity index (χ2v) is 11.5. The summed E-state index contributed by atoms with van der Waals surface area (Å²) in [5.41, 5.74) is 3.03. The zero-order valence-electron chi connectivity index (χ0n) is 20.5. The van der Waals surface area contributed by atoms with Crippen LogP contribution >= 0.6 is 11.3 Å². The molecule has 8 heteroatoms. The SMILES string of the molecule is CC(=O)N(/C=C/C=C/C1=[N+](CCc2cccs2)c2ccc(S(=O)(=O)O)cc2C1(C)C)c1ccccc1. The van der Waals surface area contributed by atoms with Gasteiger partial charge in [0.15, 0.2) is 12.3 Å². The standard InChI is InChI=1S/C28H28N2O4S2/c1-21(31)29(22-10-5-4-6-11-22)17-8-7-13-27-28(2,3)25-20-24(36(32,33)34)14-15-26(25)30(27)18-16-23-12-9-19-35-23/h4-15,17,19-20H,16,18H2,1-3H3/p+1. The Hall–Kier alpha value is -3.33. The van der Waals surface area contributed by atoms with Gasteiger partial charge in [-0.3, -0.25) is 14.2 Å². The first-order valence-corrected chi connectivity index (χ1v) is 13.9. The molecule has 0 fully saturated rings. The summed E-state index contributed by atoms with van der Waals surface area (Å²) in [6.45, 7) is 6.32. The van der Waals surface area contributed by atoms with Crippen LogP contribution in [0.25, 0.3) is 0 Å². The smallest absolute Gasteiger partial charge is 0.288 e. The third kappa shape index (κ3) is 5.41. The van der Waals surface area contributed by atoms with Crippen molar-refractivity contribution in [3.05, 3.63) is 101 Å². The molecule has 3 aromatic rings. The number of carbonyl (C=O) groups is 1. The predicted octanol–water partition coefficient (Wildman–Crippen LogP) is 5.74. The lowest BCUT2D eigenvalue weighted by Crippen LogP contribution is -2.28. The fourth-order valence-corrected chi connectivity index (χ4v) is 5.68. The summed E-state index contributed by atoms with van der Waals surface area (Å²) in [4.78, 5) is 14.9. The number of fused-ring (bicyclic) bond motifs is 1. The van der Waals surface area contributed by atoms with Gasteiger partial charge in [0.25, 0.3) is 10.1 Å². The minimum Gasteiger partial charge on any atom is -0.288 e. The first-order chi connectivity index (χ1) is 17.1. The number of benzene rings is 2. The number of nitrogens with zero attached hydrogens (tertiary/aromatic N) is 2. The van der Waals surface area contributed by atoms with Crippen LogP contribution in [-0.4, -0.2) is 35.7 Å². The summed E-state index contributed by atoms with van der Waals surface area (Å²) in [6, 6.07) is 18.3. The van der Waals surface area contributed by atoms with Gasteiger partial charge in [-0.25, -0.2) is 0 Å². The zero-order chi connectivity index (χ0) is 25.9. The number of carbonyl (C=O) groups excluding carboxylic acids is 1. The number of hydrogen-bond donors (Lipinski definition) is 1. The third-order valence-electron chi connectivity index (χ3n) is 6.30. The van der Waals surface area contributed by atoms with Gasteiger partial charge in [0.05, 0.1) is 10.3 Å². The molecule has 1 amide bonds. The van der Waals surface area contributed by atoms with Crippen LogP contribution in [0.4, 0.5) is 11.4 Å². The van der Waals surface area contributed by atoms with Gasteiger partial charge in [-0.2, -0.15) is 13.0 Å². The maximum absolute atomic E-state index is 12.2. The molecule has 0 saturated carbocycles. The molecular weight excluding hydrogens is 492 g/mol. The number of hydrogen-bond acceptors (Lipinski definition) is 4. The van der Waals surface area contributed by atoms with Crippen molar-refractivity contribution in [2.24, 2.45) is 0 Å². The summed E-state index contributed by atoms with van der Waals surface area (Å²) < 4.78 is 35.4. The Morgan fingerprint density at radius 1 is 1.08 bits per heavy atom. The summed E-state index contributed by atoms with van der Waals surface area (Å²) in [7, 11) is -4.31. The van der Waals surface area contributed by atoms with Crippen LogP contribution in [-0.2, 0) is 26.7 Å². The van der Waals surface area contributed by atoms with Gasteiger partial charge in [-0.05, 0) is 55.6 Å². The lowest BCUT2D eigenvalue weighted by molar-refractivity contribution is -0.436. The van der Waals surface area contributed by atoms with Crippen LogP contribution in [0.1, 0.15) is 31.2 Å². The van der Waals surface area contributed by atoms with E-state index in [0.29, 0.717) is 0 Å². The van der Waals surface area contributed by atoms with Crippen LogP contribution in [0.15, 0.2) is 95.4 Å². The van der Waals surface area contributed by atoms with Gasteiger partial charge in [0, 0.05) is 47.8 Å². The minimum atomic E-state index is -4.31. The molecule has 0 radical (unpaired) electrons. The van der Waals surface area contributed by atoms with E-state index in [9.17, 15) is 17.8 Å². The molecule has 1 aromatic heterocycles. The number of rotatable bonds is 8. The lowest BCUT2D eigenvalue weighted by atomic mass is 9.81. The Morgan fingerprint density at radius 2 is 1.83 bits per heavy atom. The average Bonchev–Trinajstić information content (AvgIpc) is 3.42. The third-order valence-corrected chi connectivity index (χ3v) is 8.08. The number of allylic oxidation sites excluding steroid dienone is 3. The highest BCUT2D eigenvalue weighted by molar-refractivity contribution is 7.85. The molecule has 1 aliphatic heterocycles. The van der Waals surface area contributed by atoms with Gasteiger partial charge in [-0.15, -0.1) is 11.3 Å². The normalized spacial score (nSPS) is 15.1. The van der Waals surface area contributed by atoms with Crippen molar-refractivity contribution >= 4 is 44.4 Å². The van der Waals surface area contributed by atoms with Crippen molar-refractivity contribution in [3.63, 3.8) is 0 Å². The van der Waals surface area contributed by atoms with Crippen LogP contribution < -0.4 is 4.90 Å². The molecule has 1 N–H and O–H groups in total. The zero-order valence-corrected chi connectivity index (χ0v) is 22.1. The van der Waals surface area contributed by atoms with Crippen molar-refractivity contribution in [3.8, 4) is 0 Å². The van der Waals surface area contributed by atoms with Gasteiger partial charge < -0.3 is 0 Å². The van der Waals surface area contributed by atoms with E-state index in [2.05, 4.69) is 16.0 Å². The van der Waals surface area contributed by atoms with Crippen LogP contribution in [0, 0.1) is 0 Å². The van der Waals surface area contributed by atoms with Gasteiger partial charge >= 0.3 is 0 Å². The number of anilines is 1. The molecule has 36 heavy (non-hydrogen) atoms. The van der Waals surface area contributed by atoms with E-state index in [-0.39, 0.29) is 10.8 Å². The molecule has 0 saturated heterocycles. The van der Waals surface area contributed by atoms with E-state index < -0.39 is 15.5 Å². The van der Waals surface area contributed by atoms with E-state index in [1.807, 2.05) is 68.5 Å². The van der Waals surface area contributed by atoms with Crippen molar-refractivity contribution in [2.75, 3.05) is 11.4 Å². The highest BCUT2D eigenvalue weighted by Gasteiger charge is 2.44. The molecule has 4 rings (SSSR count). The average molecular weight is 522 g/mol. The molecule has 1 aliphatic rings. The Balaban J connectivity index is 1.70. The van der Waals surface area contributed by atoms with Crippen molar-refractivity contribution in [1.82, 2.24) is 0 Å². The van der Waals surface area contributed by atoms with E-state index in [1.54, 1.807) is 34.6 Å². The summed E-state index contributed by atoms with van der Waals surface area (Å²) in [6.07, 6.45) is 8.29. The largest absolute Gasteiger partial charge is 0.294 e. The molecule has 0 bridgehead atoms. The monoisotopic (exact) mass is 521 g/mol. The highest BCUT2D eigenvalue weighted by Crippen LogP contribution is 2.41. The summed E-state index contributed by atoms with van der Waals surface area (Å²) >= 11 is 1.70. The fraction of sp³-hybridized carbons (Fsp3) is 0.214. The first kappa shape index (κ1) is 25.8. The fourth-order valence-electron chi connectivity index (χ4n) is 4.48. The van der Waals surface area contributed by atoms with Gasteiger partial charge in [-0.1, -0.05) is 30.3 Å². The second kappa shape index (κ2) is 10.3. The highest BCUT2D eigenvalue weighted by atomic mass is 32.2. The number of para-hydroxylation sites is 1. The molecule has 2 heterocycles. The molecule has 186 valence electrons. The second-order valence-electron chi connectivity index (χ2n) is 9.07. The Labute approximate surface area is 216 Å². The Kier molecular flexibility index (Phi) is 7.40. The minimum absolute atomic E-state index is 0.0950. The molecule has 0 unspecified atom stereocenters. The molecule has 0 aliphatic carbocycles. The van der Waals surface area contributed by atoms with Crippen molar-refractivity contribution in [1.29, 1.82) is 0 Å².